The van der Waals surface area contributed by atoms with Crippen molar-refractivity contribution in [2.24, 2.45) is 0 Å². The van der Waals surface area contributed by atoms with E-state index >= 15 is 0 Å². The van der Waals surface area contributed by atoms with Gasteiger partial charge < -0.3 is 11.1 Å². The first-order valence-corrected chi connectivity index (χ1v) is 6.73. The van der Waals surface area contributed by atoms with Crippen molar-refractivity contribution >= 4 is 34.3 Å². The standard InChI is InChI=1S/C13H15N3OS/c1-2-15-12(17)8-18-11-6-5-10(14)9-4-3-7-16-13(9)11/h3-7H,2,8,14H2,1H3,(H,15,17). The lowest BCUT2D eigenvalue weighted by Gasteiger charge is -2.07. The molecule has 0 spiro atoms. The molecule has 0 aliphatic heterocycles. The lowest BCUT2D eigenvalue weighted by molar-refractivity contribution is -0.118. The van der Waals surface area contributed by atoms with E-state index in [0.29, 0.717) is 18.0 Å². The van der Waals surface area contributed by atoms with E-state index in [0.717, 1.165) is 15.8 Å². The first-order chi connectivity index (χ1) is 8.72. The first-order valence-electron chi connectivity index (χ1n) is 5.75. The molecule has 0 atom stereocenters. The van der Waals surface area contributed by atoms with Crippen LogP contribution in [0.1, 0.15) is 6.92 Å². The molecule has 1 aromatic carbocycles. The Bertz CT molecular complexity index is 571. The molecule has 0 saturated heterocycles. The van der Waals surface area contributed by atoms with Crippen molar-refractivity contribution in [3.05, 3.63) is 30.5 Å². The number of nitrogens with zero attached hydrogens (tertiary/aromatic N) is 1. The van der Waals surface area contributed by atoms with Crippen LogP contribution < -0.4 is 11.1 Å². The summed E-state index contributed by atoms with van der Waals surface area (Å²) in [4.78, 5) is 16.8. The van der Waals surface area contributed by atoms with Gasteiger partial charge in [-0.05, 0) is 31.2 Å². The van der Waals surface area contributed by atoms with E-state index in [1.807, 2.05) is 31.2 Å². The minimum absolute atomic E-state index is 0.0309. The number of nitrogen functional groups attached to an aromatic ring is 1. The number of carbonyl (C=O) groups excluding carboxylic acids is 1. The van der Waals surface area contributed by atoms with Crippen LogP contribution in [0.2, 0.25) is 0 Å². The number of fused-ring (bicyclic) bond motifs is 1. The molecular weight excluding hydrogens is 246 g/mol. The number of nitrogens with one attached hydrogen (secondary N) is 1. The van der Waals surface area contributed by atoms with Gasteiger partial charge in [-0.1, -0.05) is 0 Å². The van der Waals surface area contributed by atoms with E-state index in [1.54, 1.807) is 6.20 Å². The number of amides is 1. The van der Waals surface area contributed by atoms with Crippen molar-refractivity contribution in [3.63, 3.8) is 0 Å². The maximum absolute atomic E-state index is 11.4. The smallest absolute Gasteiger partial charge is 0.230 e. The molecule has 2 rings (SSSR count). The van der Waals surface area contributed by atoms with Crippen LogP contribution >= 0.6 is 11.8 Å². The molecule has 0 aliphatic carbocycles. The summed E-state index contributed by atoms with van der Waals surface area (Å²) in [6.07, 6.45) is 1.73. The third-order valence-corrected chi connectivity index (χ3v) is 3.55. The number of hydrogen-bond donors (Lipinski definition) is 2. The van der Waals surface area contributed by atoms with Gasteiger partial charge in [-0.3, -0.25) is 9.78 Å². The third kappa shape index (κ3) is 2.73. The highest BCUT2D eigenvalue weighted by Gasteiger charge is 2.07. The molecule has 0 aliphatic rings. The summed E-state index contributed by atoms with van der Waals surface area (Å²) in [5, 5.41) is 3.70. The molecule has 0 bridgehead atoms. The Morgan fingerprint density at radius 1 is 1.44 bits per heavy atom. The maximum atomic E-state index is 11.4. The Morgan fingerprint density at radius 2 is 2.28 bits per heavy atom. The van der Waals surface area contributed by atoms with Gasteiger partial charge in [0.05, 0.1) is 11.3 Å². The molecule has 1 heterocycles. The predicted molar refractivity (Wildman–Crippen MR) is 75.6 cm³/mol. The second-order valence-electron chi connectivity index (χ2n) is 3.79. The van der Waals surface area contributed by atoms with Crippen LogP contribution in [0.25, 0.3) is 10.9 Å². The molecule has 3 N–H and O–H groups in total. The molecule has 5 heteroatoms. The first kappa shape index (κ1) is 12.7. The number of carbonyl (C=O) groups is 1. The predicted octanol–water partition coefficient (Wildman–Crippen LogP) is 2.05. The Kier molecular flexibility index (Phi) is 4.04. The van der Waals surface area contributed by atoms with Crippen molar-refractivity contribution in [2.75, 3.05) is 18.0 Å². The zero-order chi connectivity index (χ0) is 13.0. The summed E-state index contributed by atoms with van der Waals surface area (Å²) in [7, 11) is 0. The summed E-state index contributed by atoms with van der Waals surface area (Å²) in [6.45, 7) is 2.56. The molecule has 0 radical (unpaired) electrons. The van der Waals surface area contributed by atoms with Gasteiger partial charge in [0.15, 0.2) is 0 Å². The highest BCUT2D eigenvalue weighted by Crippen LogP contribution is 2.29. The van der Waals surface area contributed by atoms with E-state index in [-0.39, 0.29) is 5.91 Å². The van der Waals surface area contributed by atoms with Crippen LogP contribution in [0.15, 0.2) is 35.4 Å². The molecule has 1 aromatic heterocycles. The summed E-state index contributed by atoms with van der Waals surface area (Å²) >= 11 is 1.48. The zero-order valence-corrected chi connectivity index (χ0v) is 11.0. The average molecular weight is 261 g/mol. The van der Waals surface area contributed by atoms with E-state index in [1.165, 1.54) is 11.8 Å². The molecule has 18 heavy (non-hydrogen) atoms. The highest BCUT2D eigenvalue weighted by molar-refractivity contribution is 8.00. The lowest BCUT2D eigenvalue weighted by Crippen LogP contribution is -2.24. The van der Waals surface area contributed by atoms with Crippen LogP contribution in [0.3, 0.4) is 0 Å². The van der Waals surface area contributed by atoms with Crippen molar-refractivity contribution in [1.82, 2.24) is 10.3 Å². The van der Waals surface area contributed by atoms with Gasteiger partial charge in [0.2, 0.25) is 5.91 Å². The second kappa shape index (κ2) is 5.73. The Balaban J connectivity index is 2.24. The Hall–Kier alpha value is -1.75. The second-order valence-corrected chi connectivity index (χ2v) is 4.81. The summed E-state index contributed by atoms with van der Waals surface area (Å²) < 4.78 is 0. The molecule has 1 amide bonds. The molecule has 94 valence electrons. The van der Waals surface area contributed by atoms with E-state index in [4.69, 9.17) is 5.73 Å². The SMILES string of the molecule is CCNC(=O)CSc1ccc(N)c2cccnc12. The largest absolute Gasteiger partial charge is 0.398 e. The quantitative estimate of drug-likeness (QED) is 0.653. The topological polar surface area (TPSA) is 68.0 Å². The number of thioether (sulfide) groups is 1. The third-order valence-electron chi connectivity index (χ3n) is 2.50. The van der Waals surface area contributed by atoms with Gasteiger partial charge in [0, 0.05) is 28.7 Å². The zero-order valence-electron chi connectivity index (χ0n) is 10.1. The van der Waals surface area contributed by atoms with Crippen molar-refractivity contribution in [2.45, 2.75) is 11.8 Å². The fourth-order valence-corrected chi connectivity index (χ4v) is 2.53. The summed E-state index contributed by atoms with van der Waals surface area (Å²) in [5.41, 5.74) is 7.46. The number of aromatic nitrogens is 1. The summed E-state index contributed by atoms with van der Waals surface area (Å²) in [5.74, 6) is 0.423. The van der Waals surface area contributed by atoms with Gasteiger partial charge in [-0.15, -0.1) is 11.8 Å². The molecule has 0 fully saturated rings. The van der Waals surface area contributed by atoms with Crippen molar-refractivity contribution in [3.8, 4) is 0 Å². The fourth-order valence-electron chi connectivity index (χ4n) is 1.68. The van der Waals surface area contributed by atoms with Gasteiger partial charge in [0.25, 0.3) is 0 Å². The van der Waals surface area contributed by atoms with E-state index in [9.17, 15) is 4.79 Å². The van der Waals surface area contributed by atoms with E-state index in [2.05, 4.69) is 10.3 Å². The van der Waals surface area contributed by atoms with Crippen molar-refractivity contribution < 1.29 is 4.79 Å². The molecule has 0 saturated carbocycles. The summed E-state index contributed by atoms with van der Waals surface area (Å²) in [6, 6.07) is 7.56. The minimum atomic E-state index is 0.0309. The van der Waals surface area contributed by atoms with E-state index < -0.39 is 0 Å². The van der Waals surface area contributed by atoms with Gasteiger partial charge in [-0.2, -0.15) is 0 Å². The number of anilines is 1. The Labute approximate surface area is 110 Å². The molecule has 2 aromatic rings. The van der Waals surface area contributed by atoms with Crippen LogP contribution in [0.4, 0.5) is 5.69 Å². The van der Waals surface area contributed by atoms with Crippen LogP contribution in [-0.2, 0) is 4.79 Å². The molecule has 4 nitrogen and oxygen atoms in total. The van der Waals surface area contributed by atoms with Gasteiger partial charge >= 0.3 is 0 Å². The van der Waals surface area contributed by atoms with Crippen molar-refractivity contribution in [1.29, 1.82) is 0 Å². The minimum Gasteiger partial charge on any atom is -0.398 e. The number of pyridine rings is 1. The van der Waals surface area contributed by atoms with Crippen LogP contribution in [0, 0.1) is 0 Å². The Morgan fingerprint density at radius 3 is 3.06 bits per heavy atom. The lowest BCUT2D eigenvalue weighted by atomic mass is 10.2. The monoisotopic (exact) mass is 261 g/mol. The molecule has 0 unspecified atom stereocenters. The number of nitrogens with two attached hydrogens (primary N) is 1. The highest BCUT2D eigenvalue weighted by atomic mass is 32.2. The van der Waals surface area contributed by atoms with Gasteiger partial charge in [0.1, 0.15) is 0 Å². The number of rotatable bonds is 4. The average Bonchev–Trinajstić information content (AvgIpc) is 2.39. The van der Waals surface area contributed by atoms with Gasteiger partial charge in [-0.25, -0.2) is 0 Å². The number of benzene rings is 1. The maximum Gasteiger partial charge on any atom is 0.230 e. The van der Waals surface area contributed by atoms with Crippen LogP contribution in [-0.4, -0.2) is 23.2 Å². The van der Waals surface area contributed by atoms with Crippen LogP contribution in [0.5, 0.6) is 0 Å². The normalized spacial score (nSPS) is 10.5. The fraction of sp³-hybridized carbons (Fsp3) is 0.231. The number of hydrogen-bond acceptors (Lipinski definition) is 4. The molecular formula is C13H15N3OS.